The maximum absolute atomic E-state index is 12.5. The van der Waals surface area contributed by atoms with Gasteiger partial charge in [0.15, 0.2) is 0 Å². The van der Waals surface area contributed by atoms with Crippen molar-refractivity contribution >= 4 is 16.0 Å². The zero-order valence-electron chi connectivity index (χ0n) is 16.0. The van der Waals surface area contributed by atoms with Crippen LogP contribution in [0.15, 0.2) is 59.5 Å². The quantitative estimate of drug-likeness (QED) is 0.468. The molecule has 2 N–H and O–H groups in total. The molecule has 0 aliphatic carbocycles. The number of nitrogens with two attached hydrogens (primary N) is 1. The van der Waals surface area contributed by atoms with Gasteiger partial charge in [-0.3, -0.25) is 0 Å². The summed E-state index contributed by atoms with van der Waals surface area (Å²) < 4.78 is 34.9. The van der Waals surface area contributed by atoms with Gasteiger partial charge in [-0.1, -0.05) is 18.2 Å². The summed E-state index contributed by atoms with van der Waals surface area (Å²) >= 11 is 0. The van der Waals surface area contributed by atoms with Crippen LogP contribution in [0.2, 0.25) is 0 Å². The Labute approximate surface area is 168 Å². The SMILES string of the molecule is Cc1nn(-c2ccccc2)c(C)c1C(=O)OCCOc1ccc(S(N)(=O)=O)cc1. The second-order valence-electron chi connectivity index (χ2n) is 6.29. The first-order valence-electron chi connectivity index (χ1n) is 8.82. The Balaban J connectivity index is 1.58. The Morgan fingerprint density at radius 1 is 1.03 bits per heavy atom. The summed E-state index contributed by atoms with van der Waals surface area (Å²) in [7, 11) is -3.75. The number of carbonyl (C=O) groups is 1. The molecule has 1 heterocycles. The van der Waals surface area contributed by atoms with Crippen molar-refractivity contribution in [2.24, 2.45) is 5.14 Å². The average molecular weight is 415 g/mol. The van der Waals surface area contributed by atoms with Crippen LogP contribution in [0.25, 0.3) is 5.69 Å². The summed E-state index contributed by atoms with van der Waals surface area (Å²) in [5.74, 6) is -0.0342. The van der Waals surface area contributed by atoms with Gasteiger partial charge in [0.1, 0.15) is 24.5 Å². The summed E-state index contributed by atoms with van der Waals surface area (Å²) in [4.78, 5) is 12.5. The van der Waals surface area contributed by atoms with Crippen LogP contribution in [0.1, 0.15) is 21.7 Å². The van der Waals surface area contributed by atoms with Crippen LogP contribution in [0, 0.1) is 13.8 Å². The van der Waals surface area contributed by atoms with E-state index in [0.717, 1.165) is 5.69 Å². The van der Waals surface area contributed by atoms with Crippen molar-refractivity contribution in [3.05, 3.63) is 71.5 Å². The minimum Gasteiger partial charge on any atom is -0.490 e. The molecule has 2 aromatic carbocycles. The van der Waals surface area contributed by atoms with Crippen molar-refractivity contribution in [2.75, 3.05) is 13.2 Å². The van der Waals surface area contributed by atoms with Gasteiger partial charge in [-0.25, -0.2) is 23.0 Å². The molecule has 8 nitrogen and oxygen atoms in total. The number of primary sulfonamides is 1. The van der Waals surface area contributed by atoms with Gasteiger partial charge >= 0.3 is 5.97 Å². The fraction of sp³-hybridized carbons (Fsp3) is 0.200. The van der Waals surface area contributed by atoms with E-state index < -0.39 is 16.0 Å². The van der Waals surface area contributed by atoms with Crippen molar-refractivity contribution in [1.82, 2.24) is 9.78 Å². The molecule has 152 valence electrons. The van der Waals surface area contributed by atoms with E-state index in [-0.39, 0.29) is 18.1 Å². The number of esters is 1. The lowest BCUT2D eigenvalue weighted by atomic mass is 10.2. The first kappa shape index (κ1) is 20.6. The molecule has 0 unspecified atom stereocenters. The number of ether oxygens (including phenoxy) is 2. The molecule has 3 rings (SSSR count). The number of para-hydroxylation sites is 1. The number of aromatic nitrogens is 2. The summed E-state index contributed by atoms with van der Waals surface area (Å²) in [6.07, 6.45) is 0. The highest BCUT2D eigenvalue weighted by molar-refractivity contribution is 7.89. The fourth-order valence-electron chi connectivity index (χ4n) is 2.85. The molecule has 0 atom stereocenters. The van der Waals surface area contributed by atoms with E-state index in [9.17, 15) is 13.2 Å². The van der Waals surface area contributed by atoms with E-state index in [4.69, 9.17) is 14.6 Å². The molecule has 1 aromatic heterocycles. The van der Waals surface area contributed by atoms with Crippen LogP contribution in [-0.2, 0) is 14.8 Å². The smallest absolute Gasteiger partial charge is 0.342 e. The molecule has 29 heavy (non-hydrogen) atoms. The van der Waals surface area contributed by atoms with Gasteiger partial charge in [0, 0.05) is 0 Å². The van der Waals surface area contributed by atoms with E-state index in [1.165, 1.54) is 24.3 Å². The van der Waals surface area contributed by atoms with Gasteiger partial charge in [0.05, 0.1) is 22.0 Å². The molecule has 0 amide bonds. The second kappa shape index (κ2) is 8.46. The number of nitrogens with zero attached hydrogens (tertiary/aromatic N) is 2. The molecule has 9 heteroatoms. The van der Waals surface area contributed by atoms with E-state index in [1.54, 1.807) is 11.6 Å². The van der Waals surface area contributed by atoms with Crippen molar-refractivity contribution in [2.45, 2.75) is 18.7 Å². The van der Waals surface area contributed by atoms with Gasteiger partial charge in [0.25, 0.3) is 0 Å². The highest BCUT2D eigenvalue weighted by Crippen LogP contribution is 2.19. The number of rotatable bonds is 7. The molecule has 0 fully saturated rings. The van der Waals surface area contributed by atoms with Gasteiger partial charge in [-0.15, -0.1) is 0 Å². The van der Waals surface area contributed by atoms with Gasteiger partial charge < -0.3 is 9.47 Å². The molecular weight excluding hydrogens is 394 g/mol. The van der Waals surface area contributed by atoms with Crippen molar-refractivity contribution in [1.29, 1.82) is 0 Å². The first-order valence-corrected chi connectivity index (χ1v) is 10.4. The Kier molecular flexibility index (Phi) is 6.00. The van der Waals surface area contributed by atoms with Crippen LogP contribution in [0.3, 0.4) is 0 Å². The van der Waals surface area contributed by atoms with Crippen molar-refractivity contribution in [3.8, 4) is 11.4 Å². The summed E-state index contributed by atoms with van der Waals surface area (Å²) in [6.45, 7) is 3.72. The minimum atomic E-state index is -3.75. The lowest BCUT2D eigenvalue weighted by Crippen LogP contribution is -2.14. The fourth-order valence-corrected chi connectivity index (χ4v) is 3.37. The van der Waals surface area contributed by atoms with Crippen LogP contribution in [0.4, 0.5) is 0 Å². The van der Waals surface area contributed by atoms with E-state index in [0.29, 0.717) is 22.7 Å². The van der Waals surface area contributed by atoms with E-state index in [1.807, 2.05) is 37.3 Å². The van der Waals surface area contributed by atoms with Crippen LogP contribution >= 0.6 is 0 Å². The minimum absolute atomic E-state index is 0.00217. The predicted octanol–water partition coefficient (Wildman–Crippen LogP) is 2.37. The van der Waals surface area contributed by atoms with Gasteiger partial charge in [0.2, 0.25) is 10.0 Å². The third-order valence-electron chi connectivity index (χ3n) is 4.23. The van der Waals surface area contributed by atoms with Crippen molar-refractivity contribution < 1.29 is 22.7 Å². The molecule has 0 aliphatic heterocycles. The van der Waals surface area contributed by atoms with Crippen LogP contribution in [-0.4, -0.2) is 37.4 Å². The van der Waals surface area contributed by atoms with E-state index in [2.05, 4.69) is 5.10 Å². The number of benzene rings is 2. The summed E-state index contributed by atoms with van der Waals surface area (Å²) in [5, 5.41) is 9.48. The number of hydrogen-bond donors (Lipinski definition) is 1. The molecule has 0 radical (unpaired) electrons. The summed E-state index contributed by atoms with van der Waals surface area (Å²) in [5.41, 5.74) is 2.55. The number of sulfonamides is 1. The first-order chi connectivity index (χ1) is 13.8. The topological polar surface area (TPSA) is 114 Å². The van der Waals surface area contributed by atoms with Gasteiger partial charge in [-0.2, -0.15) is 5.10 Å². The molecule has 0 saturated carbocycles. The average Bonchev–Trinajstić information content (AvgIpc) is 2.99. The molecule has 0 spiro atoms. The Morgan fingerprint density at radius 2 is 1.69 bits per heavy atom. The maximum atomic E-state index is 12.5. The monoisotopic (exact) mass is 415 g/mol. The highest BCUT2D eigenvalue weighted by atomic mass is 32.2. The van der Waals surface area contributed by atoms with Crippen LogP contribution in [0.5, 0.6) is 5.75 Å². The third kappa shape index (κ3) is 4.82. The maximum Gasteiger partial charge on any atom is 0.342 e. The zero-order chi connectivity index (χ0) is 21.0. The number of hydrogen-bond acceptors (Lipinski definition) is 6. The third-order valence-corrected chi connectivity index (χ3v) is 5.16. The number of aryl methyl sites for hydroxylation is 1. The highest BCUT2D eigenvalue weighted by Gasteiger charge is 2.20. The molecule has 0 aliphatic rings. The lowest BCUT2D eigenvalue weighted by Gasteiger charge is -2.08. The van der Waals surface area contributed by atoms with Crippen molar-refractivity contribution in [3.63, 3.8) is 0 Å². The molecular formula is C20H21N3O5S. The second-order valence-corrected chi connectivity index (χ2v) is 7.86. The Bertz CT molecular complexity index is 1110. The molecule has 0 saturated heterocycles. The summed E-state index contributed by atoms with van der Waals surface area (Å²) in [6, 6.07) is 15.2. The predicted molar refractivity (Wildman–Crippen MR) is 107 cm³/mol. The molecule has 3 aromatic rings. The largest absolute Gasteiger partial charge is 0.490 e. The lowest BCUT2D eigenvalue weighted by molar-refractivity contribution is 0.0448. The molecule has 0 bridgehead atoms. The van der Waals surface area contributed by atoms with Crippen LogP contribution < -0.4 is 9.88 Å². The van der Waals surface area contributed by atoms with E-state index >= 15 is 0 Å². The van der Waals surface area contributed by atoms with Gasteiger partial charge in [-0.05, 0) is 50.2 Å². The standard InChI is InChI=1S/C20H21N3O5S/c1-14-19(15(2)23(22-14)16-6-4-3-5-7-16)20(24)28-13-12-27-17-8-10-18(11-9-17)29(21,25)26/h3-11H,12-13H2,1-2H3,(H2,21,25,26). The number of carbonyl (C=O) groups excluding carboxylic acids is 1. The Morgan fingerprint density at radius 3 is 2.31 bits per heavy atom. The zero-order valence-corrected chi connectivity index (χ0v) is 16.8. The normalized spacial score (nSPS) is 11.3. The Hall–Kier alpha value is -3.17.